The summed E-state index contributed by atoms with van der Waals surface area (Å²) in [6.07, 6.45) is 6.94. The van der Waals surface area contributed by atoms with Gasteiger partial charge >= 0.3 is 0 Å². The molecule has 0 aromatic heterocycles. The largest absolute Gasteiger partial charge is 0.378 e. The van der Waals surface area contributed by atoms with Crippen molar-refractivity contribution in [2.24, 2.45) is 0 Å². The molecule has 0 aromatic rings. The van der Waals surface area contributed by atoms with Crippen LogP contribution in [-0.2, 0) is 9.47 Å². The SMILES string of the molecule is CC1(C)CCC(CNCCC2CCCO2)O1. The summed E-state index contributed by atoms with van der Waals surface area (Å²) in [6, 6.07) is 0. The Morgan fingerprint density at radius 1 is 1.25 bits per heavy atom. The molecule has 0 amide bonds. The third-order valence-corrected chi connectivity index (χ3v) is 3.59. The molecule has 0 aliphatic carbocycles. The van der Waals surface area contributed by atoms with Crippen molar-refractivity contribution in [2.45, 2.75) is 63.8 Å². The lowest BCUT2D eigenvalue weighted by atomic mass is 10.1. The van der Waals surface area contributed by atoms with Gasteiger partial charge in [-0.2, -0.15) is 0 Å². The average Bonchev–Trinajstić information content (AvgIpc) is 2.82. The van der Waals surface area contributed by atoms with Crippen molar-refractivity contribution in [3.8, 4) is 0 Å². The fourth-order valence-electron chi connectivity index (χ4n) is 2.62. The normalized spacial score (nSPS) is 33.4. The van der Waals surface area contributed by atoms with Crippen molar-refractivity contribution < 1.29 is 9.47 Å². The number of ether oxygens (including phenoxy) is 2. The summed E-state index contributed by atoms with van der Waals surface area (Å²) < 4.78 is 11.5. The van der Waals surface area contributed by atoms with Crippen molar-refractivity contribution >= 4 is 0 Å². The lowest BCUT2D eigenvalue weighted by Crippen LogP contribution is -2.31. The van der Waals surface area contributed by atoms with Gasteiger partial charge in [0.1, 0.15) is 0 Å². The summed E-state index contributed by atoms with van der Waals surface area (Å²) >= 11 is 0. The van der Waals surface area contributed by atoms with Crippen LogP contribution in [0.15, 0.2) is 0 Å². The van der Waals surface area contributed by atoms with E-state index in [-0.39, 0.29) is 5.60 Å². The highest BCUT2D eigenvalue weighted by molar-refractivity contribution is 4.81. The first-order valence-corrected chi connectivity index (χ1v) is 6.66. The van der Waals surface area contributed by atoms with Crippen LogP contribution in [0.4, 0.5) is 0 Å². The predicted octanol–water partition coefficient (Wildman–Crippen LogP) is 2.10. The zero-order chi connectivity index (χ0) is 11.4. The maximum atomic E-state index is 5.93. The number of hydrogen-bond donors (Lipinski definition) is 1. The molecule has 0 aromatic carbocycles. The first-order chi connectivity index (χ1) is 7.66. The maximum absolute atomic E-state index is 5.93. The van der Waals surface area contributed by atoms with E-state index in [1.807, 2.05) is 0 Å². The molecular weight excluding hydrogens is 202 g/mol. The molecule has 2 unspecified atom stereocenters. The van der Waals surface area contributed by atoms with Gasteiger partial charge in [-0.25, -0.2) is 0 Å². The van der Waals surface area contributed by atoms with E-state index in [1.165, 1.54) is 25.7 Å². The first-order valence-electron chi connectivity index (χ1n) is 6.66. The zero-order valence-corrected chi connectivity index (χ0v) is 10.6. The quantitative estimate of drug-likeness (QED) is 0.730. The molecule has 16 heavy (non-hydrogen) atoms. The molecule has 0 bridgehead atoms. The van der Waals surface area contributed by atoms with Gasteiger partial charge in [0.05, 0.1) is 17.8 Å². The van der Waals surface area contributed by atoms with Gasteiger partial charge in [-0.15, -0.1) is 0 Å². The van der Waals surface area contributed by atoms with Gasteiger partial charge in [0, 0.05) is 13.2 Å². The average molecular weight is 227 g/mol. The van der Waals surface area contributed by atoms with Gasteiger partial charge in [-0.3, -0.25) is 0 Å². The van der Waals surface area contributed by atoms with Crippen LogP contribution in [0, 0.1) is 0 Å². The van der Waals surface area contributed by atoms with E-state index in [0.29, 0.717) is 12.2 Å². The van der Waals surface area contributed by atoms with E-state index in [9.17, 15) is 0 Å². The summed E-state index contributed by atoms with van der Waals surface area (Å²) in [5, 5.41) is 3.49. The molecule has 3 heteroatoms. The Morgan fingerprint density at radius 2 is 2.12 bits per heavy atom. The second kappa shape index (κ2) is 5.48. The second-order valence-corrected chi connectivity index (χ2v) is 5.67. The Hall–Kier alpha value is -0.120. The highest BCUT2D eigenvalue weighted by atomic mass is 16.5. The molecule has 2 fully saturated rings. The van der Waals surface area contributed by atoms with Gasteiger partial charge in [0.2, 0.25) is 0 Å². The molecule has 2 aliphatic rings. The van der Waals surface area contributed by atoms with Crippen molar-refractivity contribution in [1.29, 1.82) is 0 Å². The van der Waals surface area contributed by atoms with Crippen molar-refractivity contribution in [3.05, 3.63) is 0 Å². The van der Waals surface area contributed by atoms with Gasteiger partial charge in [-0.1, -0.05) is 0 Å². The number of nitrogens with one attached hydrogen (secondary N) is 1. The molecular formula is C13H25NO2. The van der Waals surface area contributed by atoms with Crippen LogP contribution in [-0.4, -0.2) is 37.5 Å². The van der Waals surface area contributed by atoms with Crippen LogP contribution in [0.25, 0.3) is 0 Å². The molecule has 3 nitrogen and oxygen atoms in total. The summed E-state index contributed by atoms with van der Waals surface area (Å²) in [4.78, 5) is 0. The molecule has 2 saturated heterocycles. The fourth-order valence-corrected chi connectivity index (χ4v) is 2.62. The van der Waals surface area contributed by atoms with Crippen LogP contribution >= 0.6 is 0 Å². The van der Waals surface area contributed by atoms with Gasteiger partial charge in [0.15, 0.2) is 0 Å². The summed E-state index contributed by atoms with van der Waals surface area (Å²) in [6.45, 7) is 7.38. The first kappa shape index (κ1) is 12.3. The Labute approximate surface area is 98.9 Å². The van der Waals surface area contributed by atoms with E-state index in [4.69, 9.17) is 9.47 Å². The number of hydrogen-bond acceptors (Lipinski definition) is 3. The van der Waals surface area contributed by atoms with E-state index in [0.717, 1.165) is 26.1 Å². The molecule has 94 valence electrons. The van der Waals surface area contributed by atoms with E-state index in [2.05, 4.69) is 19.2 Å². The van der Waals surface area contributed by atoms with Gasteiger partial charge < -0.3 is 14.8 Å². The lowest BCUT2D eigenvalue weighted by Gasteiger charge is -2.19. The van der Waals surface area contributed by atoms with E-state index < -0.39 is 0 Å². The molecule has 2 heterocycles. The smallest absolute Gasteiger partial charge is 0.0707 e. The van der Waals surface area contributed by atoms with Crippen LogP contribution in [0.2, 0.25) is 0 Å². The maximum Gasteiger partial charge on any atom is 0.0707 e. The van der Waals surface area contributed by atoms with Gasteiger partial charge in [-0.05, 0) is 52.5 Å². The molecule has 0 saturated carbocycles. The predicted molar refractivity (Wildman–Crippen MR) is 64.6 cm³/mol. The minimum atomic E-state index is 0.0981. The van der Waals surface area contributed by atoms with Crippen LogP contribution in [0.5, 0.6) is 0 Å². The summed E-state index contributed by atoms with van der Waals surface area (Å²) in [7, 11) is 0. The third-order valence-electron chi connectivity index (χ3n) is 3.59. The summed E-state index contributed by atoms with van der Waals surface area (Å²) in [5.74, 6) is 0. The van der Waals surface area contributed by atoms with Crippen LogP contribution < -0.4 is 5.32 Å². The zero-order valence-electron chi connectivity index (χ0n) is 10.6. The standard InChI is InChI=1S/C13H25NO2/c1-13(2)7-5-12(16-13)10-14-8-6-11-4-3-9-15-11/h11-12,14H,3-10H2,1-2H3. The van der Waals surface area contributed by atoms with Crippen molar-refractivity contribution in [2.75, 3.05) is 19.7 Å². The molecule has 2 atom stereocenters. The van der Waals surface area contributed by atoms with E-state index in [1.54, 1.807) is 0 Å². The molecule has 0 spiro atoms. The van der Waals surface area contributed by atoms with Crippen molar-refractivity contribution in [3.63, 3.8) is 0 Å². The fraction of sp³-hybridized carbons (Fsp3) is 1.00. The highest BCUT2D eigenvalue weighted by Crippen LogP contribution is 2.28. The molecule has 2 rings (SSSR count). The summed E-state index contributed by atoms with van der Waals surface area (Å²) in [5.41, 5.74) is 0.0981. The number of rotatable bonds is 5. The molecule has 0 radical (unpaired) electrons. The topological polar surface area (TPSA) is 30.5 Å². The van der Waals surface area contributed by atoms with E-state index >= 15 is 0 Å². The van der Waals surface area contributed by atoms with Crippen LogP contribution in [0.3, 0.4) is 0 Å². The van der Waals surface area contributed by atoms with Crippen LogP contribution in [0.1, 0.15) is 46.0 Å². The Morgan fingerprint density at radius 3 is 2.75 bits per heavy atom. The van der Waals surface area contributed by atoms with Gasteiger partial charge in [0.25, 0.3) is 0 Å². The monoisotopic (exact) mass is 227 g/mol. The second-order valence-electron chi connectivity index (χ2n) is 5.67. The minimum absolute atomic E-state index is 0.0981. The molecule has 1 N–H and O–H groups in total. The minimum Gasteiger partial charge on any atom is -0.378 e. The Balaban J connectivity index is 1.51. The highest BCUT2D eigenvalue weighted by Gasteiger charge is 2.31. The third kappa shape index (κ3) is 3.72. The Bertz CT molecular complexity index is 212. The lowest BCUT2D eigenvalue weighted by molar-refractivity contribution is -0.0144. The van der Waals surface area contributed by atoms with Crippen molar-refractivity contribution in [1.82, 2.24) is 5.32 Å². The molecule has 2 aliphatic heterocycles. The Kier molecular flexibility index (Phi) is 4.22.